The van der Waals surface area contributed by atoms with Crippen LogP contribution in [0.25, 0.3) is 0 Å². The minimum absolute atomic E-state index is 0.120. The predicted octanol–water partition coefficient (Wildman–Crippen LogP) is 2.12. The van der Waals surface area contributed by atoms with E-state index in [1.807, 2.05) is 37.3 Å². The van der Waals surface area contributed by atoms with Gasteiger partial charge in [-0.3, -0.25) is 19.3 Å². The van der Waals surface area contributed by atoms with E-state index in [0.717, 1.165) is 10.5 Å². The van der Waals surface area contributed by atoms with Crippen LogP contribution in [-0.2, 0) is 16.1 Å². The zero-order valence-corrected chi connectivity index (χ0v) is 15.7. The highest BCUT2D eigenvalue weighted by molar-refractivity contribution is 6.21. The molecule has 3 rings (SSSR count). The Morgan fingerprint density at radius 3 is 2.36 bits per heavy atom. The first-order valence-electron chi connectivity index (χ1n) is 8.87. The molecule has 0 spiro atoms. The number of amides is 3. The second kappa shape index (κ2) is 8.04. The van der Waals surface area contributed by atoms with Crippen LogP contribution in [-0.4, -0.2) is 53.7 Å². The molecule has 0 saturated carbocycles. The molecule has 0 unspecified atom stereocenters. The second-order valence-corrected chi connectivity index (χ2v) is 6.40. The van der Waals surface area contributed by atoms with Crippen LogP contribution >= 0.6 is 0 Å². The van der Waals surface area contributed by atoms with E-state index in [1.54, 1.807) is 4.90 Å². The van der Waals surface area contributed by atoms with Gasteiger partial charge < -0.3 is 9.64 Å². The normalized spacial score (nSPS) is 12.7. The summed E-state index contributed by atoms with van der Waals surface area (Å²) in [7, 11) is 1.38. The Morgan fingerprint density at radius 2 is 1.68 bits per heavy atom. The molecule has 0 bridgehead atoms. The van der Waals surface area contributed by atoms with Crippen molar-refractivity contribution in [2.45, 2.75) is 13.5 Å². The third-order valence-electron chi connectivity index (χ3n) is 4.60. The summed E-state index contributed by atoms with van der Waals surface area (Å²) in [5, 5.41) is 0. The molecule has 1 aliphatic rings. The molecule has 2 aromatic carbocycles. The molecular formula is C21H20N2O5. The van der Waals surface area contributed by atoms with Crippen LogP contribution in [0.2, 0.25) is 0 Å². The van der Waals surface area contributed by atoms with Crippen LogP contribution in [0.4, 0.5) is 0 Å². The molecule has 0 N–H and O–H groups in total. The van der Waals surface area contributed by atoms with Gasteiger partial charge in [0, 0.05) is 20.1 Å². The Labute approximate surface area is 162 Å². The number of benzene rings is 2. The number of esters is 1. The molecule has 0 atom stereocenters. The lowest BCUT2D eigenvalue weighted by molar-refractivity contribution is -0.134. The summed E-state index contributed by atoms with van der Waals surface area (Å²) < 4.78 is 5.12. The van der Waals surface area contributed by atoms with Gasteiger partial charge in [-0.05, 0) is 30.7 Å². The second-order valence-electron chi connectivity index (χ2n) is 6.40. The third kappa shape index (κ3) is 3.78. The van der Waals surface area contributed by atoms with E-state index in [1.165, 1.54) is 25.2 Å². The molecule has 1 heterocycles. The fraction of sp³-hybridized carbons (Fsp3) is 0.238. The Kier molecular flexibility index (Phi) is 5.54. The average Bonchev–Trinajstić information content (AvgIpc) is 2.94. The SMILES string of the molecule is CCN(Cc1ccccc1)C(=O)COC(=O)c1ccc2c(c1)C(=O)N(C)C2=O. The minimum atomic E-state index is -0.721. The van der Waals surface area contributed by atoms with Crippen molar-refractivity contribution in [3.63, 3.8) is 0 Å². The third-order valence-corrected chi connectivity index (χ3v) is 4.60. The van der Waals surface area contributed by atoms with Gasteiger partial charge in [0.2, 0.25) is 0 Å². The lowest BCUT2D eigenvalue weighted by atomic mass is 10.1. The monoisotopic (exact) mass is 380 g/mol. The van der Waals surface area contributed by atoms with E-state index >= 15 is 0 Å². The van der Waals surface area contributed by atoms with Crippen LogP contribution in [0.1, 0.15) is 43.6 Å². The molecule has 7 nitrogen and oxygen atoms in total. The largest absolute Gasteiger partial charge is 0.452 e. The highest BCUT2D eigenvalue weighted by Gasteiger charge is 2.33. The number of carbonyl (C=O) groups is 4. The van der Waals surface area contributed by atoms with Crippen LogP contribution in [0.5, 0.6) is 0 Å². The summed E-state index contributed by atoms with van der Waals surface area (Å²) in [6.07, 6.45) is 0. The molecule has 1 aliphatic heterocycles. The zero-order valence-electron chi connectivity index (χ0n) is 15.7. The number of hydrogen-bond donors (Lipinski definition) is 0. The van der Waals surface area contributed by atoms with Crippen molar-refractivity contribution in [2.24, 2.45) is 0 Å². The summed E-state index contributed by atoms with van der Waals surface area (Å²) in [6, 6.07) is 13.7. The fourth-order valence-corrected chi connectivity index (χ4v) is 2.97. The van der Waals surface area contributed by atoms with Gasteiger partial charge in [-0.1, -0.05) is 30.3 Å². The van der Waals surface area contributed by atoms with Gasteiger partial charge in [0.1, 0.15) is 0 Å². The lowest BCUT2D eigenvalue weighted by Crippen LogP contribution is -2.34. The Balaban J connectivity index is 1.63. The first kappa shape index (κ1) is 19.3. The highest BCUT2D eigenvalue weighted by Crippen LogP contribution is 2.23. The molecule has 0 fully saturated rings. The smallest absolute Gasteiger partial charge is 0.338 e. The van der Waals surface area contributed by atoms with E-state index in [9.17, 15) is 19.2 Å². The van der Waals surface area contributed by atoms with E-state index in [-0.39, 0.29) is 22.6 Å². The topological polar surface area (TPSA) is 84.0 Å². The first-order valence-corrected chi connectivity index (χ1v) is 8.87. The van der Waals surface area contributed by atoms with Gasteiger partial charge >= 0.3 is 5.97 Å². The summed E-state index contributed by atoms with van der Waals surface area (Å²) >= 11 is 0. The average molecular weight is 380 g/mol. The van der Waals surface area contributed by atoms with Crippen molar-refractivity contribution >= 4 is 23.7 Å². The van der Waals surface area contributed by atoms with Crippen molar-refractivity contribution in [1.82, 2.24) is 9.80 Å². The van der Waals surface area contributed by atoms with Gasteiger partial charge in [0.25, 0.3) is 17.7 Å². The molecular weight excluding hydrogens is 360 g/mol. The zero-order chi connectivity index (χ0) is 20.3. The molecule has 0 aliphatic carbocycles. The number of fused-ring (bicyclic) bond motifs is 1. The number of rotatable bonds is 6. The molecule has 0 saturated heterocycles. The van der Waals surface area contributed by atoms with Crippen LogP contribution in [0.15, 0.2) is 48.5 Å². The number of carbonyl (C=O) groups excluding carboxylic acids is 4. The fourth-order valence-electron chi connectivity index (χ4n) is 2.97. The number of likely N-dealkylation sites (N-methyl/N-ethyl adjacent to an activating group) is 1. The molecule has 144 valence electrons. The Morgan fingerprint density at radius 1 is 1.00 bits per heavy atom. The number of hydrogen-bond acceptors (Lipinski definition) is 5. The summed E-state index contributed by atoms with van der Waals surface area (Å²) in [6.45, 7) is 2.36. The first-order chi connectivity index (χ1) is 13.4. The van der Waals surface area contributed by atoms with Crippen molar-refractivity contribution in [2.75, 3.05) is 20.2 Å². The van der Waals surface area contributed by atoms with Gasteiger partial charge in [-0.2, -0.15) is 0 Å². The van der Waals surface area contributed by atoms with Crippen LogP contribution < -0.4 is 0 Å². The van der Waals surface area contributed by atoms with Crippen molar-refractivity contribution in [3.8, 4) is 0 Å². The van der Waals surface area contributed by atoms with E-state index in [4.69, 9.17) is 4.74 Å². The molecule has 3 amide bonds. The van der Waals surface area contributed by atoms with Crippen molar-refractivity contribution in [3.05, 3.63) is 70.8 Å². The van der Waals surface area contributed by atoms with E-state index in [0.29, 0.717) is 13.1 Å². The number of ether oxygens (including phenoxy) is 1. The standard InChI is InChI=1S/C21H20N2O5/c1-3-23(12-14-7-5-4-6-8-14)18(24)13-28-21(27)15-9-10-16-17(11-15)20(26)22(2)19(16)25/h4-11H,3,12-13H2,1-2H3. The quantitative estimate of drug-likeness (QED) is 0.566. The Bertz CT molecular complexity index is 939. The van der Waals surface area contributed by atoms with Crippen LogP contribution in [0.3, 0.4) is 0 Å². The van der Waals surface area contributed by atoms with Gasteiger partial charge in [-0.25, -0.2) is 4.79 Å². The van der Waals surface area contributed by atoms with Crippen molar-refractivity contribution in [1.29, 1.82) is 0 Å². The summed E-state index contributed by atoms with van der Waals surface area (Å²) in [5.74, 6) is -1.91. The number of imide groups is 1. The minimum Gasteiger partial charge on any atom is -0.452 e. The molecule has 7 heteroatoms. The lowest BCUT2D eigenvalue weighted by Gasteiger charge is -2.20. The van der Waals surface area contributed by atoms with E-state index in [2.05, 4.69) is 0 Å². The Hall–Kier alpha value is -3.48. The number of nitrogens with zero attached hydrogens (tertiary/aromatic N) is 2. The summed E-state index contributed by atoms with van der Waals surface area (Å²) in [5.41, 5.74) is 1.51. The maximum absolute atomic E-state index is 12.4. The maximum atomic E-state index is 12.4. The highest BCUT2D eigenvalue weighted by atomic mass is 16.5. The maximum Gasteiger partial charge on any atom is 0.338 e. The molecule has 0 radical (unpaired) electrons. The molecule has 0 aromatic heterocycles. The van der Waals surface area contributed by atoms with E-state index < -0.39 is 24.4 Å². The van der Waals surface area contributed by atoms with Crippen LogP contribution in [0, 0.1) is 0 Å². The molecule has 2 aromatic rings. The van der Waals surface area contributed by atoms with Gasteiger partial charge in [0.05, 0.1) is 16.7 Å². The molecule has 28 heavy (non-hydrogen) atoms. The van der Waals surface area contributed by atoms with Gasteiger partial charge in [0.15, 0.2) is 6.61 Å². The summed E-state index contributed by atoms with van der Waals surface area (Å²) in [4.78, 5) is 51.2. The van der Waals surface area contributed by atoms with Gasteiger partial charge in [-0.15, -0.1) is 0 Å². The van der Waals surface area contributed by atoms with Crippen molar-refractivity contribution < 1.29 is 23.9 Å². The predicted molar refractivity (Wildman–Crippen MR) is 101 cm³/mol.